The number of carbonyl (C=O) groups excluding carboxylic acids is 1. The van der Waals surface area contributed by atoms with E-state index in [1.165, 1.54) is 37.4 Å². The number of nitro groups is 1. The Bertz CT molecular complexity index is 924. The molecule has 2 aromatic carbocycles. The predicted octanol–water partition coefficient (Wildman–Crippen LogP) is 3.58. The number of amides is 1. The Morgan fingerprint density at radius 3 is 2.27 bits per heavy atom. The van der Waals surface area contributed by atoms with E-state index in [4.69, 9.17) is 4.74 Å². The van der Waals surface area contributed by atoms with Crippen molar-refractivity contribution < 1.29 is 27.6 Å². The van der Waals surface area contributed by atoms with Crippen molar-refractivity contribution in [2.75, 3.05) is 33.3 Å². The maximum absolute atomic E-state index is 12.7. The lowest BCUT2D eigenvalue weighted by Gasteiger charge is -2.34. The van der Waals surface area contributed by atoms with Gasteiger partial charge in [0.15, 0.2) is 5.75 Å². The number of nitrogens with zero attached hydrogens (tertiary/aromatic N) is 3. The highest BCUT2D eigenvalue weighted by molar-refractivity contribution is 5.95. The van der Waals surface area contributed by atoms with Crippen LogP contribution in [0.5, 0.6) is 5.75 Å². The summed E-state index contributed by atoms with van der Waals surface area (Å²) >= 11 is 0. The number of carbonyl (C=O) groups is 1. The molecule has 3 rings (SSSR count). The number of hydrogen-bond acceptors (Lipinski definition) is 5. The van der Waals surface area contributed by atoms with E-state index in [-0.39, 0.29) is 22.9 Å². The van der Waals surface area contributed by atoms with E-state index >= 15 is 0 Å². The van der Waals surface area contributed by atoms with E-state index in [0.717, 1.165) is 17.7 Å². The molecule has 0 unspecified atom stereocenters. The molecule has 0 N–H and O–H groups in total. The first-order valence-electron chi connectivity index (χ1n) is 9.19. The van der Waals surface area contributed by atoms with Gasteiger partial charge < -0.3 is 9.64 Å². The monoisotopic (exact) mass is 423 g/mol. The molecule has 160 valence electrons. The van der Waals surface area contributed by atoms with Crippen LogP contribution in [0.4, 0.5) is 18.9 Å². The quantitative estimate of drug-likeness (QED) is 0.543. The van der Waals surface area contributed by atoms with Crippen LogP contribution < -0.4 is 4.74 Å². The van der Waals surface area contributed by atoms with Gasteiger partial charge in [0.05, 0.1) is 17.6 Å². The lowest BCUT2D eigenvalue weighted by atomic mass is 10.1. The second-order valence-corrected chi connectivity index (χ2v) is 6.91. The fourth-order valence-electron chi connectivity index (χ4n) is 3.31. The first-order valence-corrected chi connectivity index (χ1v) is 9.19. The molecule has 0 spiro atoms. The summed E-state index contributed by atoms with van der Waals surface area (Å²) < 4.78 is 42.9. The number of methoxy groups -OCH3 is 1. The summed E-state index contributed by atoms with van der Waals surface area (Å²) in [5.74, 6) is -0.229. The number of alkyl halides is 3. The summed E-state index contributed by atoms with van der Waals surface area (Å²) in [6.45, 7) is 2.41. The van der Waals surface area contributed by atoms with Crippen molar-refractivity contribution in [2.45, 2.75) is 12.7 Å². The van der Waals surface area contributed by atoms with E-state index in [1.807, 2.05) is 4.90 Å². The lowest BCUT2D eigenvalue weighted by molar-refractivity contribution is -0.385. The molecular formula is C20H20F3N3O4. The molecule has 30 heavy (non-hydrogen) atoms. The maximum Gasteiger partial charge on any atom is 0.416 e. The number of piperazine rings is 1. The topological polar surface area (TPSA) is 75.9 Å². The van der Waals surface area contributed by atoms with Gasteiger partial charge in [0.2, 0.25) is 0 Å². The molecule has 0 bridgehead atoms. The average Bonchev–Trinajstić information content (AvgIpc) is 2.73. The molecule has 1 aliphatic heterocycles. The van der Waals surface area contributed by atoms with Gasteiger partial charge in [-0.3, -0.25) is 19.8 Å². The predicted molar refractivity (Wildman–Crippen MR) is 102 cm³/mol. The van der Waals surface area contributed by atoms with Gasteiger partial charge in [-0.2, -0.15) is 13.2 Å². The Kier molecular flexibility index (Phi) is 6.25. The third-order valence-electron chi connectivity index (χ3n) is 4.97. The largest absolute Gasteiger partial charge is 0.490 e. The highest BCUT2D eigenvalue weighted by Crippen LogP contribution is 2.30. The first kappa shape index (κ1) is 21.6. The maximum atomic E-state index is 12.7. The van der Waals surface area contributed by atoms with Crippen LogP contribution in [0.3, 0.4) is 0 Å². The minimum atomic E-state index is -4.36. The highest BCUT2D eigenvalue weighted by atomic mass is 19.4. The molecule has 0 saturated carbocycles. The second kappa shape index (κ2) is 8.70. The zero-order chi connectivity index (χ0) is 21.9. The Morgan fingerprint density at radius 2 is 1.73 bits per heavy atom. The number of nitro benzene ring substituents is 1. The lowest BCUT2D eigenvalue weighted by Crippen LogP contribution is -2.48. The van der Waals surface area contributed by atoms with Crippen LogP contribution in [0, 0.1) is 10.1 Å². The third-order valence-corrected chi connectivity index (χ3v) is 4.97. The van der Waals surface area contributed by atoms with Gasteiger partial charge in [-0.1, -0.05) is 12.1 Å². The summed E-state index contributed by atoms with van der Waals surface area (Å²) in [6, 6.07) is 9.12. The summed E-state index contributed by atoms with van der Waals surface area (Å²) in [6.07, 6.45) is -4.36. The number of rotatable bonds is 5. The minimum absolute atomic E-state index is 0.0814. The molecule has 10 heteroatoms. The van der Waals surface area contributed by atoms with Crippen molar-refractivity contribution in [3.63, 3.8) is 0 Å². The molecule has 1 fully saturated rings. The van der Waals surface area contributed by atoms with E-state index in [1.54, 1.807) is 4.90 Å². The number of ether oxygens (including phenoxy) is 1. The van der Waals surface area contributed by atoms with E-state index in [2.05, 4.69) is 0 Å². The van der Waals surface area contributed by atoms with E-state index in [0.29, 0.717) is 32.7 Å². The Morgan fingerprint density at radius 1 is 1.10 bits per heavy atom. The summed E-state index contributed by atoms with van der Waals surface area (Å²) in [5, 5.41) is 11.2. The molecule has 7 nitrogen and oxygen atoms in total. The molecular weight excluding hydrogens is 403 g/mol. The second-order valence-electron chi connectivity index (χ2n) is 6.91. The standard InChI is InChI=1S/C20H20F3N3O4/c1-30-18-7-4-15(12-17(18)26(28)29)19(27)25-10-8-24(9-11-25)13-14-2-5-16(6-3-14)20(21,22)23/h2-7,12H,8-11,13H2,1H3. The van der Waals surface area contributed by atoms with Gasteiger partial charge >= 0.3 is 11.9 Å². The van der Waals surface area contributed by atoms with Gasteiger partial charge in [-0.15, -0.1) is 0 Å². The van der Waals surface area contributed by atoms with Gasteiger partial charge in [0.25, 0.3) is 5.91 Å². The van der Waals surface area contributed by atoms with Crippen molar-refractivity contribution in [2.24, 2.45) is 0 Å². The molecule has 1 amide bonds. The van der Waals surface area contributed by atoms with Crippen LogP contribution in [-0.2, 0) is 12.7 Å². The SMILES string of the molecule is COc1ccc(C(=O)N2CCN(Cc3ccc(C(F)(F)F)cc3)CC2)cc1[N+](=O)[O-]. The van der Waals surface area contributed by atoms with Gasteiger partial charge in [-0.25, -0.2) is 0 Å². The summed E-state index contributed by atoms with van der Waals surface area (Å²) in [7, 11) is 1.32. The molecule has 1 heterocycles. The number of halogens is 3. The van der Waals surface area contributed by atoms with Crippen molar-refractivity contribution in [3.05, 3.63) is 69.3 Å². The van der Waals surface area contributed by atoms with Crippen LogP contribution in [0.25, 0.3) is 0 Å². The zero-order valence-corrected chi connectivity index (χ0v) is 16.2. The smallest absolute Gasteiger partial charge is 0.416 e. The number of benzene rings is 2. The third kappa shape index (κ3) is 4.88. The van der Waals surface area contributed by atoms with Gasteiger partial charge in [0.1, 0.15) is 0 Å². The van der Waals surface area contributed by atoms with Crippen molar-refractivity contribution in [1.29, 1.82) is 0 Å². The molecule has 0 aliphatic carbocycles. The van der Waals surface area contributed by atoms with Crippen LogP contribution in [0.15, 0.2) is 42.5 Å². The molecule has 0 aromatic heterocycles. The van der Waals surface area contributed by atoms with Gasteiger partial charge in [0, 0.05) is 44.4 Å². The fraction of sp³-hybridized carbons (Fsp3) is 0.350. The van der Waals surface area contributed by atoms with Crippen LogP contribution in [-0.4, -0.2) is 53.9 Å². The van der Waals surface area contributed by atoms with E-state index in [9.17, 15) is 28.1 Å². The Balaban J connectivity index is 1.59. The molecule has 1 saturated heterocycles. The molecule has 0 atom stereocenters. The average molecular weight is 423 g/mol. The molecule has 0 radical (unpaired) electrons. The molecule has 2 aromatic rings. The highest BCUT2D eigenvalue weighted by Gasteiger charge is 2.30. The Hall–Kier alpha value is -3.14. The number of hydrogen-bond donors (Lipinski definition) is 0. The van der Waals surface area contributed by atoms with E-state index < -0.39 is 16.7 Å². The van der Waals surface area contributed by atoms with Crippen molar-refractivity contribution in [1.82, 2.24) is 9.80 Å². The van der Waals surface area contributed by atoms with Crippen LogP contribution in [0.1, 0.15) is 21.5 Å². The van der Waals surface area contributed by atoms with Crippen molar-refractivity contribution in [3.8, 4) is 5.75 Å². The fourth-order valence-corrected chi connectivity index (χ4v) is 3.31. The zero-order valence-electron chi connectivity index (χ0n) is 16.2. The summed E-state index contributed by atoms with van der Waals surface area (Å²) in [5.41, 5.74) is 0.00628. The normalized spacial score (nSPS) is 15.1. The molecule has 1 aliphatic rings. The Labute approximate surface area is 170 Å². The van der Waals surface area contributed by atoms with Crippen molar-refractivity contribution >= 4 is 11.6 Å². The first-order chi connectivity index (χ1) is 14.2. The van der Waals surface area contributed by atoms with Gasteiger partial charge in [-0.05, 0) is 29.8 Å². The van der Waals surface area contributed by atoms with Crippen LogP contribution >= 0.6 is 0 Å². The minimum Gasteiger partial charge on any atom is -0.490 e. The summed E-state index contributed by atoms with van der Waals surface area (Å²) in [4.78, 5) is 26.9. The van der Waals surface area contributed by atoms with Crippen LogP contribution in [0.2, 0.25) is 0 Å².